The second kappa shape index (κ2) is 5.34. The van der Waals surface area contributed by atoms with Gasteiger partial charge in [0.25, 0.3) is 0 Å². The van der Waals surface area contributed by atoms with Gasteiger partial charge in [0, 0.05) is 9.35 Å². The molecule has 0 radical (unpaired) electrons. The average molecular weight is 310 g/mol. The van der Waals surface area contributed by atoms with E-state index in [1.807, 2.05) is 7.05 Å². The maximum Gasteiger partial charge on any atom is 0.0680 e. The van der Waals surface area contributed by atoms with E-state index in [-0.39, 0.29) is 6.04 Å². The normalized spacial score (nSPS) is 12.7. The third-order valence-corrected chi connectivity index (χ3v) is 4.71. The van der Waals surface area contributed by atoms with Crippen molar-refractivity contribution >= 4 is 27.3 Å². The van der Waals surface area contributed by atoms with Crippen molar-refractivity contribution in [3.05, 3.63) is 55.7 Å². The van der Waals surface area contributed by atoms with Crippen molar-refractivity contribution in [2.75, 3.05) is 7.05 Å². The van der Waals surface area contributed by atoms with Crippen molar-refractivity contribution in [1.82, 2.24) is 5.32 Å². The summed E-state index contributed by atoms with van der Waals surface area (Å²) in [5.41, 5.74) is 3.95. The lowest BCUT2D eigenvalue weighted by molar-refractivity contribution is 0.700. The van der Waals surface area contributed by atoms with Crippen molar-refractivity contribution in [3.8, 4) is 0 Å². The molecule has 0 aliphatic rings. The predicted molar refractivity (Wildman–Crippen MR) is 78.8 cm³/mol. The third-order valence-electron chi connectivity index (χ3n) is 2.77. The molecule has 1 aromatic carbocycles. The molecule has 1 atom stereocenters. The first-order valence-corrected chi connectivity index (χ1v) is 7.27. The molecule has 0 amide bonds. The molecule has 0 spiro atoms. The van der Waals surface area contributed by atoms with Gasteiger partial charge < -0.3 is 5.32 Å². The zero-order valence-electron chi connectivity index (χ0n) is 10.3. The van der Waals surface area contributed by atoms with E-state index < -0.39 is 0 Å². The van der Waals surface area contributed by atoms with Crippen molar-refractivity contribution in [3.63, 3.8) is 0 Å². The molecule has 17 heavy (non-hydrogen) atoms. The molecule has 1 N–H and O–H groups in total. The first kappa shape index (κ1) is 12.8. The second-order valence-electron chi connectivity index (χ2n) is 4.28. The molecule has 1 aromatic heterocycles. The number of hydrogen-bond donors (Lipinski definition) is 1. The van der Waals surface area contributed by atoms with Crippen molar-refractivity contribution < 1.29 is 0 Å². The monoisotopic (exact) mass is 309 g/mol. The highest BCUT2D eigenvalue weighted by Gasteiger charge is 2.16. The lowest BCUT2D eigenvalue weighted by Crippen LogP contribution is -2.17. The molecule has 1 nitrogen and oxygen atoms in total. The molecule has 2 rings (SSSR count). The van der Waals surface area contributed by atoms with Crippen LogP contribution in [0.15, 0.2) is 34.1 Å². The van der Waals surface area contributed by atoms with Crippen LogP contribution in [0.3, 0.4) is 0 Å². The lowest BCUT2D eigenvalue weighted by Gasteiger charge is -2.17. The molecule has 1 heterocycles. The van der Waals surface area contributed by atoms with Crippen LogP contribution in [0.1, 0.15) is 27.6 Å². The van der Waals surface area contributed by atoms with Gasteiger partial charge in [-0.05, 0) is 53.8 Å². The molecular weight excluding hydrogens is 294 g/mol. The molecule has 3 heteroatoms. The Balaban J connectivity index is 2.45. The Labute approximate surface area is 115 Å². The van der Waals surface area contributed by atoms with Gasteiger partial charge >= 0.3 is 0 Å². The Hall–Kier alpha value is -0.640. The summed E-state index contributed by atoms with van der Waals surface area (Å²) in [7, 11) is 2.01. The van der Waals surface area contributed by atoms with E-state index >= 15 is 0 Å². The minimum absolute atomic E-state index is 0.267. The van der Waals surface area contributed by atoms with Crippen molar-refractivity contribution in [2.24, 2.45) is 0 Å². The highest BCUT2D eigenvalue weighted by molar-refractivity contribution is 9.10. The number of benzene rings is 1. The first-order valence-electron chi connectivity index (χ1n) is 5.60. The second-order valence-corrected chi connectivity index (χ2v) is 6.08. The van der Waals surface area contributed by atoms with Crippen LogP contribution in [0.25, 0.3) is 0 Å². The maximum absolute atomic E-state index is 3.61. The van der Waals surface area contributed by atoms with Gasteiger partial charge in [-0.15, -0.1) is 11.3 Å². The van der Waals surface area contributed by atoms with Crippen LogP contribution in [0.5, 0.6) is 0 Å². The first-order chi connectivity index (χ1) is 8.11. The molecule has 0 aliphatic heterocycles. The third kappa shape index (κ3) is 2.79. The quantitative estimate of drug-likeness (QED) is 0.884. The van der Waals surface area contributed by atoms with E-state index in [0.717, 1.165) is 0 Å². The Bertz CT molecular complexity index is 498. The molecule has 90 valence electrons. The zero-order valence-corrected chi connectivity index (χ0v) is 12.7. The molecule has 0 saturated carbocycles. The number of rotatable bonds is 3. The summed E-state index contributed by atoms with van der Waals surface area (Å²) in [6.07, 6.45) is 0. The van der Waals surface area contributed by atoms with Crippen LogP contribution in [0, 0.1) is 13.8 Å². The topological polar surface area (TPSA) is 12.0 Å². The van der Waals surface area contributed by atoms with Gasteiger partial charge in [-0.2, -0.15) is 0 Å². The van der Waals surface area contributed by atoms with Gasteiger partial charge in [-0.25, -0.2) is 0 Å². The Morgan fingerprint density at radius 3 is 2.29 bits per heavy atom. The average Bonchev–Trinajstić information content (AvgIpc) is 2.65. The van der Waals surface area contributed by atoms with E-state index in [1.54, 1.807) is 11.3 Å². The van der Waals surface area contributed by atoms with Crippen LogP contribution in [-0.2, 0) is 0 Å². The Kier molecular flexibility index (Phi) is 4.02. The van der Waals surface area contributed by atoms with E-state index in [0.29, 0.717) is 0 Å². The summed E-state index contributed by atoms with van der Waals surface area (Å²) in [6, 6.07) is 9.08. The van der Waals surface area contributed by atoms with E-state index in [1.165, 1.54) is 26.0 Å². The lowest BCUT2D eigenvalue weighted by atomic mass is 10.0. The fourth-order valence-corrected chi connectivity index (χ4v) is 3.87. The SMILES string of the molecule is CNC(c1cc(C)cc(C)c1)c1sccc1Br. The molecule has 0 fully saturated rings. The molecule has 1 unspecified atom stereocenters. The minimum atomic E-state index is 0.267. The van der Waals surface area contributed by atoms with Gasteiger partial charge in [0.05, 0.1) is 6.04 Å². The fraction of sp³-hybridized carbons (Fsp3) is 0.286. The summed E-state index contributed by atoms with van der Waals surface area (Å²) in [5.74, 6) is 0. The van der Waals surface area contributed by atoms with E-state index in [2.05, 4.69) is 64.7 Å². The Morgan fingerprint density at radius 2 is 1.82 bits per heavy atom. The van der Waals surface area contributed by atoms with E-state index in [9.17, 15) is 0 Å². The smallest absolute Gasteiger partial charge is 0.0680 e. The number of thiophene rings is 1. The summed E-state index contributed by atoms with van der Waals surface area (Å²) in [6.45, 7) is 4.29. The van der Waals surface area contributed by atoms with Crippen molar-refractivity contribution in [2.45, 2.75) is 19.9 Å². The van der Waals surface area contributed by atoms with Crippen LogP contribution in [0.2, 0.25) is 0 Å². The highest BCUT2D eigenvalue weighted by Crippen LogP contribution is 2.33. The van der Waals surface area contributed by atoms with Gasteiger partial charge in [-0.3, -0.25) is 0 Å². The summed E-state index contributed by atoms with van der Waals surface area (Å²) in [4.78, 5) is 1.33. The van der Waals surface area contributed by atoms with Crippen molar-refractivity contribution in [1.29, 1.82) is 0 Å². The van der Waals surface area contributed by atoms with Crippen LogP contribution in [-0.4, -0.2) is 7.05 Å². The zero-order chi connectivity index (χ0) is 12.4. The molecule has 0 bridgehead atoms. The summed E-state index contributed by atoms with van der Waals surface area (Å²) in [5, 5.41) is 5.51. The number of nitrogens with one attached hydrogen (secondary N) is 1. The molecule has 0 aliphatic carbocycles. The number of aryl methyl sites for hydroxylation is 2. The Morgan fingerprint density at radius 1 is 1.18 bits per heavy atom. The minimum Gasteiger partial charge on any atom is -0.309 e. The van der Waals surface area contributed by atoms with Gasteiger partial charge in [0.1, 0.15) is 0 Å². The standard InChI is InChI=1S/C14H16BrNS/c1-9-6-10(2)8-11(7-9)13(16-3)14-12(15)4-5-17-14/h4-8,13,16H,1-3H3. The number of hydrogen-bond acceptors (Lipinski definition) is 2. The van der Waals surface area contributed by atoms with E-state index in [4.69, 9.17) is 0 Å². The molecule has 0 saturated heterocycles. The van der Waals surface area contributed by atoms with Crippen LogP contribution in [0.4, 0.5) is 0 Å². The number of halogens is 1. The van der Waals surface area contributed by atoms with Gasteiger partial charge in [0.15, 0.2) is 0 Å². The molecule has 2 aromatic rings. The predicted octanol–water partition coefficient (Wildman–Crippen LogP) is 4.44. The maximum atomic E-state index is 3.61. The van der Waals surface area contributed by atoms with Gasteiger partial charge in [-0.1, -0.05) is 29.3 Å². The highest BCUT2D eigenvalue weighted by atomic mass is 79.9. The largest absolute Gasteiger partial charge is 0.309 e. The van der Waals surface area contributed by atoms with Crippen LogP contribution < -0.4 is 5.32 Å². The summed E-state index contributed by atoms with van der Waals surface area (Å²) < 4.78 is 1.18. The molecular formula is C14H16BrNS. The summed E-state index contributed by atoms with van der Waals surface area (Å²) >= 11 is 5.39. The van der Waals surface area contributed by atoms with Gasteiger partial charge in [0.2, 0.25) is 0 Å². The van der Waals surface area contributed by atoms with Crippen LogP contribution >= 0.6 is 27.3 Å². The fourth-order valence-electron chi connectivity index (χ4n) is 2.14.